The minimum absolute atomic E-state index is 0.0848. The molecular weight excluding hydrogens is 270 g/mol. The molecule has 1 saturated carbocycles. The van der Waals surface area contributed by atoms with Crippen molar-refractivity contribution in [2.45, 2.75) is 31.1 Å². The van der Waals surface area contributed by atoms with E-state index >= 15 is 0 Å². The smallest absolute Gasteiger partial charge is 0.160 e. The summed E-state index contributed by atoms with van der Waals surface area (Å²) in [4.78, 5) is 6.68. The molecule has 2 heterocycles. The van der Waals surface area contributed by atoms with Gasteiger partial charge in [0.1, 0.15) is 0 Å². The van der Waals surface area contributed by atoms with E-state index in [9.17, 15) is 8.78 Å². The maximum absolute atomic E-state index is 13.6. The summed E-state index contributed by atoms with van der Waals surface area (Å²) >= 11 is 0. The molecule has 1 aromatic heterocycles. The van der Waals surface area contributed by atoms with Gasteiger partial charge in [-0.3, -0.25) is 4.98 Å². The van der Waals surface area contributed by atoms with Gasteiger partial charge < -0.3 is 4.90 Å². The maximum Gasteiger partial charge on any atom is 0.160 e. The normalized spacial score (nSPS) is 19.2. The van der Waals surface area contributed by atoms with Crippen LogP contribution in [0.5, 0.6) is 0 Å². The van der Waals surface area contributed by atoms with Crippen LogP contribution in [-0.2, 0) is 5.41 Å². The van der Waals surface area contributed by atoms with Crippen molar-refractivity contribution >= 4 is 11.4 Å². The van der Waals surface area contributed by atoms with Crippen LogP contribution in [0.2, 0.25) is 0 Å². The van der Waals surface area contributed by atoms with E-state index in [1.807, 2.05) is 18.3 Å². The quantitative estimate of drug-likeness (QED) is 0.776. The summed E-state index contributed by atoms with van der Waals surface area (Å²) in [5.41, 5.74) is 2.94. The zero-order valence-electron chi connectivity index (χ0n) is 11.6. The first-order valence-corrected chi connectivity index (χ1v) is 7.38. The van der Waals surface area contributed by atoms with E-state index in [-0.39, 0.29) is 5.41 Å². The van der Waals surface area contributed by atoms with Crippen LogP contribution in [0, 0.1) is 11.6 Å². The number of halogens is 2. The zero-order chi connectivity index (χ0) is 14.4. The van der Waals surface area contributed by atoms with Gasteiger partial charge in [-0.25, -0.2) is 8.78 Å². The Morgan fingerprint density at radius 3 is 2.62 bits per heavy atom. The zero-order valence-corrected chi connectivity index (χ0v) is 11.6. The Morgan fingerprint density at radius 2 is 1.86 bits per heavy atom. The van der Waals surface area contributed by atoms with Crippen LogP contribution in [0.4, 0.5) is 20.2 Å². The molecule has 108 valence electrons. The Morgan fingerprint density at radius 1 is 1.05 bits per heavy atom. The first-order chi connectivity index (χ1) is 10.2. The van der Waals surface area contributed by atoms with Gasteiger partial charge in [0, 0.05) is 29.9 Å². The highest BCUT2D eigenvalue weighted by Gasteiger charge is 2.46. The van der Waals surface area contributed by atoms with Gasteiger partial charge in [-0.05, 0) is 37.1 Å². The Labute approximate surface area is 122 Å². The largest absolute Gasteiger partial charge is 0.339 e. The van der Waals surface area contributed by atoms with Crippen molar-refractivity contribution in [3.8, 4) is 0 Å². The molecule has 2 aromatic rings. The molecule has 1 aromatic carbocycles. The van der Waals surface area contributed by atoms with E-state index in [4.69, 9.17) is 0 Å². The lowest BCUT2D eigenvalue weighted by Gasteiger charge is -2.25. The molecule has 0 bridgehead atoms. The van der Waals surface area contributed by atoms with Crippen molar-refractivity contribution in [1.29, 1.82) is 0 Å². The van der Waals surface area contributed by atoms with Gasteiger partial charge in [0.05, 0.1) is 11.4 Å². The number of aromatic nitrogens is 1. The summed E-state index contributed by atoms with van der Waals surface area (Å²) in [6.07, 6.45) is 6.49. The topological polar surface area (TPSA) is 16.1 Å². The standard InChI is InChI=1S/C17H16F2N2/c18-13-6-5-12(10-14(13)19)21-11-17(7-1-2-8-17)16-15(21)4-3-9-20-16/h3-6,9-10H,1-2,7-8,11H2. The van der Waals surface area contributed by atoms with Crippen LogP contribution in [0.25, 0.3) is 0 Å². The lowest BCUT2D eigenvalue weighted by atomic mass is 9.84. The van der Waals surface area contributed by atoms with Crippen LogP contribution < -0.4 is 4.90 Å². The second-order valence-electron chi connectivity index (χ2n) is 6.04. The lowest BCUT2D eigenvalue weighted by Crippen LogP contribution is -2.29. The van der Waals surface area contributed by atoms with E-state index in [0.29, 0.717) is 5.69 Å². The van der Waals surface area contributed by atoms with Crippen molar-refractivity contribution in [3.05, 3.63) is 53.9 Å². The molecular formula is C17H16F2N2. The predicted octanol–water partition coefficient (Wildman–Crippen LogP) is 4.32. The van der Waals surface area contributed by atoms with Crippen molar-refractivity contribution in [1.82, 2.24) is 4.98 Å². The number of pyridine rings is 1. The van der Waals surface area contributed by atoms with Crippen LogP contribution >= 0.6 is 0 Å². The monoisotopic (exact) mass is 286 g/mol. The number of hydrogen-bond acceptors (Lipinski definition) is 2. The molecule has 0 N–H and O–H groups in total. The van der Waals surface area contributed by atoms with Gasteiger partial charge in [-0.15, -0.1) is 0 Å². The van der Waals surface area contributed by atoms with E-state index in [0.717, 1.165) is 30.8 Å². The average Bonchev–Trinajstić information content (AvgIpc) is 3.10. The number of fused-ring (bicyclic) bond motifs is 2. The molecule has 1 fully saturated rings. The summed E-state index contributed by atoms with van der Waals surface area (Å²) in [6.45, 7) is 0.810. The van der Waals surface area contributed by atoms with Crippen molar-refractivity contribution in [3.63, 3.8) is 0 Å². The lowest BCUT2D eigenvalue weighted by molar-refractivity contribution is 0.464. The minimum Gasteiger partial charge on any atom is -0.339 e. The SMILES string of the molecule is Fc1ccc(N2CC3(CCCC3)c3ncccc32)cc1F. The fraction of sp³-hybridized carbons (Fsp3) is 0.353. The van der Waals surface area contributed by atoms with Crippen LogP contribution in [0.1, 0.15) is 31.4 Å². The fourth-order valence-electron chi connectivity index (χ4n) is 3.82. The van der Waals surface area contributed by atoms with Crippen molar-refractivity contribution in [2.75, 3.05) is 11.4 Å². The van der Waals surface area contributed by atoms with E-state index in [2.05, 4.69) is 9.88 Å². The Bertz CT molecular complexity index is 693. The third-order valence-electron chi connectivity index (χ3n) is 4.82. The highest BCUT2D eigenvalue weighted by Crippen LogP contribution is 2.51. The van der Waals surface area contributed by atoms with E-state index in [1.54, 1.807) is 6.07 Å². The first-order valence-electron chi connectivity index (χ1n) is 7.38. The molecule has 2 nitrogen and oxygen atoms in total. The summed E-state index contributed by atoms with van der Waals surface area (Å²) in [7, 11) is 0. The summed E-state index contributed by atoms with van der Waals surface area (Å²) < 4.78 is 26.7. The van der Waals surface area contributed by atoms with Gasteiger partial charge in [-0.1, -0.05) is 12.8 Å². The number of rotatable bonds is 1. The van der Waals surface area contributed by atoms with Crippen LogP contribution in [-0.4, -0.2) is 11.5 Å². The third-order valence-corrected chi connectivity index (χ3v) is 4.82. The van der Waals surface area contributed by atoms with Gasteiger partial charge in [0.2, 0.25) is 0 Å². The molecule has 2 aliphatic rings. The second-order valence-corrected chi connectivity index (χ2v) is 6.04. The summed E-state index contributed by atoms with van der Waals surface area (Å²) in [5, 5.41) is 0. The van der Waals surface area contributed by atoms with Crippen LogP contribution in [0.15, 0.2) is 36.5 Å². The molecule has 21 heavy (non-hydrogen) atoms. The molecule has 0 atom stereocenters. The van der Waals surface area contributed by atoms with Crippen molar-refractivity contribution < 1.29 is 8.78 Å². The minimum atomic E-state index is -0.806. The Kier molecular flexibility index (Phi) is 2.74. The number of benzene rings is 1. The van der Waals surface area contributed by atoms with Crippen LogP contribution in [0.3, 0.4) is 0 Å². The first kappa shape index (κ1) is 12.7. The second kappa shape index (κ2) is 4.52. The van der Waals surface area contributed by atoms with Gasteiger partial charge in [0.15, 0.2) is 11.6 Å². The highest BCUT2D eigenvalue weighted by atomic mass is 19.2. The van der Waals surface area contributed by atoms with Gasteiger partial charge in [0.25, 0.3) is 0 Å². The highest BCUT2D eigenvalue weighted by molar-refractivity contribution is 5.71. The molecule has 0 saturated heterocycles. The van der Waals surface area contributed by atoms with E-state index in [1.165, 1.54) is 25.0 Å². The molecule has 1 aliphatic heterocycles. The third kappa shape index (κ3) is 1.85. The van der Waals surface area contributed by atoms with Gasteiger partial charge >= 0.3 is 0 Å². The number of hydrogen-bond donors (Lipinski definition) is 0. The maximum atomic E-state index is 13.6. The predicted molar refractivity (Wildman–Crippen MR) is 77.7 cm³/mol. The average molecular weight is 286 g/mol. The fourth-order valence-corrected chi connectivity index (χ4v) is 3.82. The molecule has 0 unspecified atom stereocenters. The molecule has 0 amide bonds. The molecule has 1 aliphatic carbocycles. The Balaban J connectivity index is 1.82. The Hall–Kier alpha value is -1.97. The molecule has 4 rings (SSSR count). The van der Waals surface area contributed by atoms with E-state index < -0.39 is 11.6 Å². The summed E-state index contributed by atoms with van der Waals surface area (Å²) in [6, 6.07) is 8.04. The number of nitrogens with zero attached hydrogens (tertiary/aromatic N) is 2. The van der Waals surface area contributed by atoms with Crippen molar-refractivity contribution in [2.24, 2.45) is 0 Å². The number of anilines is 2. The van der Waals surface area contributed by atoms with Gasteiger partial charge in [-0.2, -0.15) is 0 Å². The summed E-state index contributed by atoms with van der Waals surface area (Å²) in [5.74, 6) is -1.61. The molecule has 0 radical (unpaired) electrons. The molecule has 1 spiro atoms. The molecule has 4 heteroatoms.